The normalized spacial score (nSPS) is 10.8. The van der Waals surface area contributed by atoms with Gasteiger partial charge in [-0.3, -0.25) is 24.3 Å². The molecule has 0 bridgehead atoms. The second kappa shape index (κ2) is 8.72. The standard InChI is InChI=1S/C19H21FN6O4/c1-12-18(13(2)25(22-12)10-14-6-4-5-7-15(14)20)21-17(27)8-9-24-11-16(26(28)29)19(23-24)30-3/h4-7,11H,8-10H2,1-3H3,(H,21,27). The van der Waals surface area contributed by atoms with Crippen molar-refractivity contribution >= 4 is 17.3 Å². The van der Waals surface area contributed by atoms with Crippen LogP contribution in [0.3, 0.4) is 0 Å². The Balaban J connectivity index is 1.66. The molecule has 0 aliphatic heterocycles. The van der Waals surface area contributed by atoms with Crippen LogP contribution in [0.1, 0.15) is 23.4 Å². The van der Waals surface area contributed by atoms with E-state index in [2.05, 4.69) is 15.5 Å². The van der Waals surface area contributed by atoms with Gasteiger partial charge in [0.05, 0.1) is 42.2 Å². The lowest BCUT2D eigenvalue weighted by atomic mass is 10.2. The molecule has 0 saturated carbocycles. The van der Waals surface area contributed by atoms with Crippen LogP contribution in [0.2, 0.25) is 0 Å². The van der Waals surface area contributed by atoms with Crippen molar-refractivity contribution in [3.8, 4) is 5.88 Å². The minimum atomic E-state index is -0.598. The smallest absolute Gasteiger partial charge is 0.350 e. The first-order chi connectivity index (χ1) is 14.3. The molecular formula is C19H21FN6O4. The van der Waals surface area contributed by atoms with E-state index < -0.39 is 4.92 Å². The number of nitro groups is 1. The molecule has 158 valence electrons. The molecule has 0 saturated heterocycles. The molecule has 0 unspecified atom stereocenters. The fourth-order valence-corrected chi connectivity index (χ4v) is 3.02. The fourth-order valence-electron chi connectivity index (χ4n) is 3.02. The molecule has 30 heavy (non-hydrogen) atoms. The molecule has 1 amide bonds. The molecule has 0 radical (unpaired) electrons. The molecule has 0 fully saturated rings. The summed E-state index contributed by atoms with van der Waals surface area (Å²) in [6.07, 6.45) is 1.26. The lowest BCUT2D eigenvalue weighted by molar-refractivity contribution is -0.385. The molecule has 10 nitrogen and oxygen atoms in total. The minimum absolute atomic E-state index is 0.0410. The largest absolute Gasteiger partial charge is 0.475 e. The monoisotopic (exact) mass is 416 g/mol. The van der Waals surface area contributed by atoms with Crippen LogP contribution in [0.4, 0.5) is 15.8 Å². The van der Waals surface area contributed by atoms with E-state index in [1.165, 1.54) is 24.1 Å². The number of benzene rings is 1. The van der Waals surface area contributed by atoms with E-state index in [9.17, 15) is 19.3 Å². The molecule has 0 spiro atoms. The molecule has 3 aromatic rings. The number of hydrogen-bond donors (Lipinski definition) is 1. The first-order valence-electron chi connectivity index (χ1n) is 9.13. The number of aromatic nitrogens is 4. The van der Waals surface area contributed by atoms with Crippen LogP contribution in [-0.2, 0) is 17.9 Å². The third-order valence-electron chi connectivity index (χ3n) is 4.59. The van der Waals surface area contributed by atoms with Crippen LogP contribution in [0.5, 0.6) is 5.88 Å². The van der Waals surface area contributed by atoms with Gasteiger partial charge in [0, 0.05) is 12.0 Å². The number of aryl methyl sites for hydroxylation is 2. The molecule has 2 heterocycles. The summed E-state index contributed by atoms with van der Waals surface area (Å²) in [5.74, 6) is -0.732. The van der Waals surface area contributed by atoms with Gasteiger partial charge in [-0.05, 0) is 19.9 Å². The van der Waals surface area contributed by atoms with Crippen LogP contribution in [0.15, 0.2) is 30.5 Å². The third-order valence-corrected chi connectivity index (χ3v) is 4.59. The number of carbonyl (C=O) groups excluding carboxylic acids is 1. The summed E-state index contributed by atoms with van der Waals surface area (Å²) in [6.45, 7) is 3.92. The molecule has 2 aromatic heterocycles. The summed E-state index contributed by atoms with van der Waals surface area (Å²) < 4.78 is 21.7. The van der Waals surface area contributed by atoms with Crippen LogP contribution in [0.25, 0.3) is 0 Å². The number of anilines is 1. The zero-order chi connectivity index (χ0) is 21.8. The van der Waals surface area contributed by atoms with E-state index in [1.54, 1.807) is 36.7 Å². The van der Waals surface area contributed by atoms with Gasteiger partial charge >= 0.3 is 11.6 Å². The van der Waals surface area contributed by atoms with Gasteiger partial charge in [-0.25, -0.2) is 4.39 Å². The third kappa shape index (κ3) is 4.45. The Kier molecular flexibility index (Phi) is 6.09. The highest BCUT2D eigenvalue weighted by atomic mass is 19.1. The van der Waals surface area contributed by atoms with Gasteiger partial charge in [-0.1, -0.05) is 18.2 Å². The Morgan fingerprint density at radius 2 is 2.03 bits per heavy atom. The number of ether oxygens (including phenoxy) is 1. The van der Waals surface area contributed by atoms with E-state index in [-0.39, 0.29) is 42.8 Å². The average molecular weight is 416 g/mol. The number of methoxy groups -OCH3 is 1. The molecule has 1 aromatic carbocycles. The lowest BCUT2D eigenvalue weighted by Gasteiger charge is -2.08. The summed E-state index contributed by atoms with van der Waals surface area (Å²) in [4.78, 5) is 22.8. The van der Waals surface area contributed by atoms with E-state index >= 15 is 0 Å². The highest BCUT2D eigenvalue weighted by Gasteiger charge is 2.21. The predicted molar refractivity (Wildman–Crippen MR) is 106 cm³/mol. The number of nitrogens with zero attached hydrogens (tertiary/aromatic N) is 5. The lowest BCUT2D eigenvalue weighted by Crippen LogP contribution is -2.16. The second-order valence-corrected chi connectivity index (χ2v) is 6.64. The molecule has 0 aliphatic carbocycles. The maximum Gasteiger partial charge on any atom is 0.350 e. The molecule has 0 aliphatic rings. The van der Waals surface area contributed by atoms with Crippen molar-refractivity contribution in [1.82, 2.24) is 19.6 Å². The van der Waals surface area contributed by atoms with E-state index in [0.29, 0.717) is 22.6 Å². The van der Waals surface area contributed by atoms with Crippen molar-refractivity contribution in [2.45, 2.75) is 33.4 Å². The number of halogens is 1. The minimum Gasteiger partial charge on any atom is -0.475 e. The topological polar surface area (TPSA) is 117 Å². The van der Waals surface area contributed by atoms with Gasteiger partial charge in [0.2, 0.25) is 5.91 Å². The van der Waals surface area contributed by atoms with Gasteiger partial charge in [0.1, 0.15) is 12.0 Å². The number of carbonyl (C=O) groups is 1. The van der Waals surface area contributed by atoms with Crippen LogP contribution >= 0.6 is 0 Å². The highest BCUT2D eigenvalue weighted by Crippen LogP contribution is 2.24. The zero-order valence-electron chi connectivity index (χ0n) is 16.8. The molecule has 0 atom stereocenters. The average Bonchev–Trinajstić information content (AvgIpc) is 3.24. The summed E-state index contributed by atoms with van der Waals surface area (Å²) in [6, 6.07) is 6.44. The summed E-state index contributed by atoms with van der Waals surface area (Å²) in [7, 11) is 1.29. The van der Waals surface area contributed by atoms with Crippen LogP contribution in [-0.4, -0.2) is 37.5 Å². The Hall–Kier alpha value is -3.76. The van der Waals surface area contributed by atoms with Crippen molar-refractivity contribution in [2.75, 3.05) is 12.4 Å². The van der Waals surface area contributed by atoms with E-state index in [0.717, 1.165) is 0 Å². The van der Waals surface area contributed by atoms with Crippen molar-refractivity contribution in [3.63, 3.8) is 0 Å². The Labute approximate surface area is 171 Å². The number of nitrogens with one attached hydrogen (secondary N) is 1. The maximum absolute atomic E-state index is 13.9. The number of amides is 1. The van der Waals surface area contributed by atoms with Gasteiger partial charge < -0.3 is 10.1 Å². The summed E-state index contributed by atoms with van der Waals surface area (Å²) in [5, 5.41) is 22.1. The van der Waals surface area contributed by atoms with Crippen molar-refractivity contribution < 1.29 is 18.8 Å². The first-order valence-corrected chi connectivity index (χ1v) is 9.13. The Morgan fingerprint density at radius 1 is 1.30 bits per heavy atom. The highest BCUT2D eigenvalue weighted by molar-refractivity contribution is 5.91. The van der Waals surface area contributed by atoms with Gasteiger partial charge in [0.25, 0.3) is 0 Å². The van der Waals surface area contributed by atoms with Crippen molar-refractivity contribution in [2.24, 2.45) is 0 Å². The Bertz CT molecular complexity index is 1090. The van der Waals surface area contributed by atoms with Gasteiger partial charge in [0.15, 0.2) is 0 Å². The predicted octanol–water partition coefficient (Wildman–Crippen LogP) is 2.83. The SMILES string of the molecule is COc1nn(CCC(=O)Nc2c(C)nn(Cc3ccccc3F)c2C)cc1[N+](=O)[O-]. The number of rotatable bonds is 8. The van der Waals surface area contributed by atoms with Crippen molar-refractivity contribution in [1.29, 1.82) is 0 Å². The molecule has 11 heteroatoms. The fraction of sp³-hybridized carbons (Fsp3) is 0.316. The summed E-state index contributed by atoms with van der Waals surface area (Å²) in [5.41, 5.74) is 2.09. The second-order valence-electron chi connectivity index (χ2n) is 6.64. The molecule has 3 rings (SSSR count). The van der Waals surface area contributed by atoms with Gasteiger partial charge in [-0.2, -0.15) is 5.10 Å². The van der Waals surface area contributed by atoms with Crippen LogP contribution < -0.4 is 10.1 Å². The maximum atomic E-state index is 13.9. The van der Waals surface area contributed by atoms with E-state index in [1.807, 2.05) is 0 Å². The van der Waals surface area contributed by atoms with Gasteiger partial charge in [-0.15, -0.1) is 5.10 Å². The van der Waals surface area contributed by atoms with E-state index in [4.69, 9.17) is 4.74 Å². The zero-order valence-corrected chi connectivity index (χ0v) is 16.8. The van der Waals surface area contributed by atoms with Crippen molar-refractivity contribution in [3.05, 3.63) is 63.3 Å². The molecule has 1 N–H and O–H groups in total. The van der Waals surface area contributed by atoms with Crippen LogP contribution in [0, 0.1) is 29.8 Å². The number of hydrogen-bond acceptors (Lipinski definition) is 6. The summed E-state index contributed by atoms with van der Waals surface area (Å²) >= 11 is 0. The quantitative estimate of drug-likeness (QED) is 0.446. The first kappa shape index (κ1) is 21.0. The Morgan fingerprint density at radius 3 is 2.67 bits per heavy atom. The molecular weight excluding hydrogens is 395 g/mol.